The van der Waals surface area contributed by atoms with E-state index in [1.165, 1.54) is 25.2 Å². The number of hydrogen-bond acceptors (Lipinski definition) is 11. The van der Waals surface area contributed by atoms with Crippen LogP contribution in [0.3, 0.4) is 0 Å². The van der Waals surface area contributed by atoms with Crippen molar-refractivity contribution in [1.29, 1.82) is 0 Å². The third kappa shape index (κ3) is 10.7. The summed E-state index contributed by atoms with van der Waals surface area (Å²) in [5.41, 5.74) is 15.2. The van der Waals surface area contributed by atoms with Gasteiger partial charge in [-0.05, 0) is 182 Å². The van der Waals surface area contributed by atoms with Gasteiger partial charge in [0.25, 0.3) is 16.6 Å². The maximum absolute atomic E-state index is 15.2. The number of amides is 8. The fourth-order valence-electron chi connectivity index (χ4n) is 10.6. The highest BCUT2D eigenvalue weighted by Gasteiger charge is 2.75. The summed E-state index contributed by atoms with van der Waals surface area (Å²) < 4.78 is 22.0. The summed E-state index contributed by atoms with van der Waals surface area (Å²) >= 11 is 0. The summed E-state index contributed by atoms with van der Waals surface area (Å²) in [6.45, 7) is 8.34. The van der Waals surface area contributed by atoms with Crippen LogP contribution in [0.1, 0.15) is 5.56 Å². The Labute approximate surface area is 484 Å². The van der Waals surface area contributed by atoms with E-state index in [-0.39, 0.29) is 22.2 Å². The van der Waals surface area contributed by atoms with Crippen molar-refractivity contribution in [3.63, 3.8) is 0 Å². The standard InChI is InChI=1S/C64H38N4O11Si4/c1-12-17-22-27-36-80(8,9)77-83(78-81(10,11)37-28-23-18-13-2,79-82(38-29-24-19-14-3,39-30-25-20-15-4)40-31-26-21-16-5)48-42-46(67-61(73)51-49-50(52(51)62(67)74)58(70)65(7)57(49)69)41-47(43-48)68-63(75)55-53-54(56(55)64(68)76)60(72)66(59(53)71)45-34-32-44(6)33-35-45/h1-5,32-35,41-43,49-56H,6-11H3. The molecule has 19 heteroatoms. The Balaban J connectivity index is 1.45. The fourth-order valence-corrected chi connectivity index (χ4v) is 23.9. The Morgan fingerprint density at radius 1 is 0.373 bits per heavy atom. The van der Waals surface area contributed by atoms with Gasteiger partial charge in [0.15, 0.2) is 0 Å². The highest BCUT2D eigenvalue weighted by Crippen LogP contribution is 2.59. The first-order valence-corrected chi connectivity index (χ1v) is 34.2. The van der Waals surface area contributed by atoms with Crippen molar-refractivity contribution in [2.75, 3.05) is 21.7 Å². The molecule has 0 radical (unpaired) electrons. The summed E-state index contributed by atoms with van der Waals surface area (Å²) in [6, 6.07) is 10.3. The lowest BCUT2D eigenvalue weighted by atomic mass is 9.59. The molecule has 6 aliphatic rings. The summed E-state index contributed by atoms with van der Waals surface area (Å²) in [5.74, 6) is 32.5. The molecule has 8 unspecified atom stereocenters. The molecule has 6 fully saturated rings. The molecule has 0 N–H and O–H groups in total. The molecular formula is C64H38N4O11Si4. The number of anilines is 3. The van der Waals surface area contributed by atoms with Crippen molar-refractivity contribution in [2.45, 2.75) is 33.1 Å². The Kier molecular flexibility index (Phi) is 16.2. The zero-order valence-corrected chi connectivity index (χ0v) is 48.8. The van der Waals surface area contributed by atoms with Gasteiger partial charge in [0.05, 0.1) is 64.4 Å². The molecule has 4 aliphatic heterocycles. The van der Waals surface area contributed by atoms with E-state index in [9.17, 15) is 28.8 Å². The quantitative estimate of drug-likeness (QED) is 0.186. The van der Waals surface area contributed by atoms with Crippen LogP contribution in [0, 0.1) is 233 Å². The van der Waals surface area contributed by atoms with Crippen LogP contribution in [0.5, 0.6) is 0 Å². The predicted octanol–water partition coefficient (Wildman–Crippen LogP) is 0.718. The number of hydrogen-bond donors (Lipinski definition) is 0. The maximum atomic E-state index is 15.2. The van der Waals surface area contributed by atoms with E-state index >= 15 is 9.59 Å². The van der Waals surface area contributed by atoms with Crippen molar-refractivity contribution >= 4 is 103 Å². The summed E-state index contributed by atoms with van der Waals surface area (Å²) in [6.07, 6.45) is 27.2. The van der Waals surface area contributed by atoms with Crippen LogP contribution in [0.25, 0.3) is 0 Å². The van der Waals surface area contributed by atoms with Gasteiger partial charge in [-0.25, -0.2) is 9.80 Å². The van der Waals surface area contributed by atoms with Crippen LogP contribution >= 0.6 is 0 Å². The van der Waals surface area contributed by atoms with E-state index in [1.807, 2.05) is 6.92 Å². The first kappa shape index (κ1) is 58.3. The van der Waals surface area contributed by atoms with Gasteiger partial charge in [-0.15, -0.1) is 32.1 Å². The Morgan fingerprint density at radius 3 is 0.976 bits per heavy atom. The van der Waals surface area contributed by atoms with Crippen molar-refractivity contribution < 1.29 is 50.7 Å². The highest BCUT2D eigenvalue weighted by atomic mass is 28.5. The third-order valence-corrected chi connectivity index (χ3v) is 26.3. The summed E-state index contributed by atoms with van der Waals surface area (Å²) in [7, 11) is -16.4. The first-order chi connectivity index (χ1) is 39.6. The van der Waals surface area contributed by atoms with Gasteiger partial charge < -0.3 is 12.3 Å². The molecule has 8 rings (SSSR count). The normalized spacial score (nSPS) is 21.8. The first-order valence-electron chi connectivity index (χ1n) is 24.7. The minimum Gasteiger partial charge on any atom is -0.402 e. The monoisotopic (exact) mass is 1150 g/mol. The Bertz CT molecular complexity index is 4040. The van der Waals surface area contributed by atoms with E-state index in [0.29, 0.717) is 0 Å². The molecule has 2 aromatic carbocycles. The number of carbonyl (C=O) groups excluding carboxylic acids is 8. The average molecular weight is 1150 g/mol. The largest absolute Gasteiger partial charge is 0.509 e. The molecule has 2 saturated carbocycles. The Morgan fingerprint density at radius 2 is 0.663 bits per heavy atom. The minimum absolute atomic E-state index is 0.217. The van der Waals surface area contributed by atoms with Gasteiger partial charge in [0, 0.05) is 12.2 Å². The SMILES string of the molecule is C#CC#CC#C[Si](C)(C)O[Si](O[Si](C)(C)C#CC#CC#C)(O[Si](C#CC#CC#C)(C#CC#CC#C)C#CC#CC#C)c1cc(N2C(=O)C3C4C(=O)N(C)C(=O)C4C3C2=O)cc(N2C(=O)C3C4C(=O)N(c5ccc(C)cc5)C(=O)C4C3C2=O)c1. The van der Waals surface area contributed by atoms with E-state index in [1.54, 1.807) is 50.5 Å². The molecule has 15 nitrogen and oxygen atoms in total. The smallest absolute Gasteiger partial charge is 0.402 e. The van der Waals surface area contributed by atoms with Gasteiger partial charge in [-0.2, -0.15) is 0 Å². The number of carbonyl (C=O) groups is 8. The second kappa shape index (κ2) is 23.1. The van der Waals surface area contributed by atoms with Crippen molar-refractivity contribution in [3.8, 4) is 178 Å². The van der Waals surface area contributed by atoms with Gasteiger partial charge >= 0.3 is 17.1 Å². The lowest BCUT2D eigenvalue weighted by Gasteiger charge is -2.41. The zero-order chi connectivity index (χ0) is 60.2. The lowest BCUT2D eigenvalue weighted by Crippen LogP contribution is -2.69. The molecule has 4 heterocycles. The highest BCUT2D eigenvalue weighted by molar-refractivity contribution is 7.05. The number of fused-ring (bicyclic) bond motifs is 8. The molecule has 8 amide bonds. The Hall–Kier alpha value is -10.9. The zero-order valence-electron chi connectivity index (χ0n) is 44.8. The van der Waals surface area contributed by atoms with Gasteiger partial charge in [-0.3, -0.25) is 48.2 Å². The second-order valence-electron chi connectivity index (χ2n) is 19.8. The average Bonchev–Trinajstić information content (AvgIpc) is 1.58. The summed E-state index contributed by atoms with van der Waals surface area (Å²) in [5, 5.41) is -0.217. The van der Waals surface area contributed by atoms with Crippen LogP contribution in [0.2, 0.25) is 26.2 Å². The van der Waals surface area contributed by atoms with Gasteiger partial charge in [0.2, 0.25) is 47.3 Å². The van der Waals surface area contributed by atoms with Crippen molar-refractivity contribution in [2.24, 2.45) is 47.3 Å². The number of terminal acetylenes is 5. The molecular weight excluding hydrogens is 1110 g/mol. The second-order valence-corrected chi connectivity index (χ2v) is 32.6. The van der Waals surface area contributed by atoms with Crippen molar-refractivity contribution in [1.82, 2.24) is 4.90 Å². The molecule has 0 bridgehead atoms. The van der Waals surface area contributed by atoms with E-state index in [0.717, 1.165) is 25.2 Å². The number of nitrogens with zero attached hydrogens (tertiary/aromatic N) is 4. The topological polar surface area (TPSA) is 177 Å². The van der Waals surface area contributed by atoms with E-state index in [2.05, 4.69) is 146 Å². The fraction of sp³-hybridized carbons (Fsp3) is 0.219. The van der Waals surface area contributed by atoms with E-state index in [4.69, 9.17) is 44.5 Å². The van der Waals surface area contributed by atoms with Gasteiger partial charge in [0.1, 0.15) is 0 Å². The molecule has 396 valence electrons. The summed E-state index contributed by atoms with van der Waals surface area (Å²) in [4.78, 5) is 119. The number of benzene rings is 2. The number of aryl methyl sites for hydroxylation is 1. The molecule has 8 atom stereocenters. The van der Waals surface area contributed by atoms with E-state index < -0.39 is 128 Å². The number of rotatable bonds is 10. The van der Waals surface area contributed by atoms with Crippen LogP contribution in [0.15, 0.2) is 42.5 Å². The van der Waals surface area contributed by atoms with Crippen LogP contribution in [0.4, 0.5) is 17.1 Å². The van der Waals surface area contributed by atoms with Crippen LogP contribution in [-0.4, -0.2) is 93.0 Å². The predicted molar refractivity (Wildman–Crippen MR) is 312 cm³/mol. The third-order valence-electron chi connectivity index (χ3n) is 13.9. The molecule has 2 aromatic rings. The minimum atomic E-state index is -5.36. The number of imide groups is 4. The number of likely N-dealkylation sites (tertiary alicyclic amines) is 1. The van der Waals surface area contributed by atoms with Crippen molar-refractivity contribution in [3.05, 3.63) is 48.0 Å². The molecule has 4 saturated heterocycles. The van der Waals surface area contributed by atoms with Gasteiger partial charge in [-0.1, -0.05) is 45.4 Å². The van der Waals surface area contributed by atoms with Crippen LogP contribution in [-0.2, 0) is 50.7 Å². The molecule has 2 aliphatic carbocycles. The molecule has 83 heavy (non-hydrogen) atoms. The van der Waals surface area contributed by atoms with Crippen LogP contribution < -0.4 is 19.9 Å². The lowest BCUT2D eigenvalue weighted by molar-refractivity contribution is -0.146. The molecule has 0 spiro atoms. The maximum Gasteiger partial charge on any atom is 0.509 e. The molecule has 0 aromatic heterocycles.